The van der Waals surface area contributed by atoms with E-state index in [4.69, 9.17) is 4.74 Å². The minimum absolute atomic E-state index is 0. The van der Waals surface area contributed by atoms with E-state index in [2.05, 4.69) is 17.1 Å². The molecule has 1 saturated heterocycles. The Hall–Kier alpha value is -1.26. The number of hydrogen-bond acceptors (Lipinski definition) is 3. The summed E-state index contributed by atoms with van der Waals surface area (Å²) in [4.78, 5) is 14.3. The number of halogens is 1. The number of carbonyl (C=O) groups is 1. The molecule has 118 valence electrons. The summed E-state index contributed by atoms with van der Waals surface area (Å²) in [5.41, 5.74) is 0.793. The lowest BCUT2D eigenvalue weighted by atomic mass is 10.0. The molecule has 1 heterocycles. The summed E-state index contributed by atoms with van der Waals surface area (Å²) in [6.45, 7) is 5.37. The Bertz CT molecular complexity index is 454. The van der Waals surface area contributed by atoms with Crippen LogP contribution in [-0.4, -0.2) is 37.6 Å². The standard InChI is InChI=1S/C16H24N2O2.ClH/c1-13-5-4-9-18(12-13)10-8-16(19)17-14-6-3-7-15(11-14)20-2;/h3,6-7,11,13H,4-5,8-10,12H2,1-2H3,(H,17,19);1H. The first-order valence-corrected chi connectivity index (χ1v) is 7.33. The number of benzene rings is 1. The van der Waals surface area contributed by atoms with E-state index >= 15 is 0 Å². The molecule has 4 nitrogen and oxygen atoms in total. The molecular weight excluding hydrogens is 288 g/mol. The van der Waals surface area contributed by atoms with Crippen LogP contribution in [0, 0.1) is 5.92 Å². The van der Waals surface area contributed by atoms with E-state index in [0.717, 1.165) is 37.0 Å². The average molecular weight is 313 g/mol. The Balaban J connectivity index is 0.00000220. The quantitative estimate of drug-likeness (QED) is 0.908. The second-order valence-electron chi connectivity index (χ2n) is 5.58. The van der Waals surface area contributed by atoms with Crippen molar-refractivity contribution in [2.45, 2.75) is 26.2 Å². The molecular formula is C16H25ClN2O2. The minimum Gasteiger partial charge on any atom is -0.497 e. The molecule has 2 rings (SSSR count). The van der Waals surface area contributed by atoms with Crippen LogP contribution < -0.4 is 10.1 Å². The fourth-order valence-electron chi connectivity index (χ4n) is 2.67. The smallest absolute Gasteiger partial charge is 0.225 e. The van der Waals surface area contributed by atoms with Gasteiger partial charge in [0.2, 0.25) is 5.91 Å². The summed E-state index contributed by atoms with van der Waals surface area (Å²) >= 11 is 0. The predicted octanol–water partition coefficient (Wildman–Crippen LogP) is 3.18. The lowest BCUT2D eigenvalue weighted by molar-refractivity contribution is -0.116. The van der Waals surface area contributed by atoms with E-state index in [9.17, 15) is 4.79 Å². The molecule has 1 aromatic rings. The van der Waals surface area contributed by atoms with Crippen LogP contribution >= 0.6 is 12.4 Å². The van der Waals surface area contributed by atoms with E-state index < -0.39 is 0 Å². The van der Waals surface area contributed by atoms with E-state index in [1.54, 1.807) is 7.11 Å². The number of ether oxygens (including phenoxy) is 1. The van der Waals surface area contributed by atoms with Crippen LogP contribution in [0.2, 0.25) is 0 Å². The van der Waals surface area contributed by atoms with E-state index in [0.29, 0.717) is 6.42 Å². The Morgan fingerprint density at radius 2 is 2.29 bits per heavy atom. The van der Waals surface area contributed by atoms with Crippen molar-refractivity contribution in [1.82, 2.24) is 4.90 Å². The molecule has 0 spiro atoms. The van der Waals surface area contributed by atoms with Crippen molar-refractivity contribution in [2.75, 3.05) is 32.1 Å². The fraction of sp³-hybridized carbons (Fsp3) is 0.562. The van der Waals surface area contributed by atoms with E-state index in [1.807, 2.05) is 24.3 Å². The zero-order valence-corrected chi connectivity index (χ0v) is 13.6. The Kier molecular flexibility index (Phi) is 7.54. The van der Waals surface area contributed by atoms with Gasteiger partial charge in [-0.25, -0.2) is 0 Å². The number of rotatable bonds is 5. The lowest BCUT2D eigenvalue weighted by Crippen LogP contribution is -2.36. The van der Waals surface area contributed by atoms with Crippen LogP contribution in [0.5, 0.6) is 5.75 Å². The SMILES string of the molecule is COc1cccc(NC(=O)CCN2CCCC(C)C2)c1.Cl. The van der Waals surface area contributed by atoms with E-state index in [-0.39, 0.29) is 18.3 Å². The molecule has 1 aliphatic rings. The molecule has 1 aromatic carbocycles. The van der Waals surface area contributed by atoms with Gasteiger partial charge in [0.25, 0.3) is 0 Å². The van der Waals surface area contributed by atoms with Crippen molar-refractivity contribution in [3.05, 3.63) is 24.3 Å². The van der Waals surface area contributed by atoms with Crippen molar-refractivity contribution in [1.29, 1.82) is 0 Å². The molecule has 0 radical (unpaired) electrons. The Morgan fingerprint density at radius 3 is 3.00 bits per heavy atom. The maximum absolute atomic E-state index is 12.0. The lowest BCUT2D eigenvalue weighted by Gasteiger charge is -2.30. The van der Waals surface area contributed by atoms with Gasteiger partial charge in [-0.2, -0.15) is 0 Å². The molecule has 21 heavy (non-hydrogen) atoms. The number of methoxy groups -OCH3 is 1. The molecule has 5 heteroatoms. The molecule has 1 fully saturated rings. The zero-order chi connectivity index (χ0) is 14.4. The van der Waals surface area contributed by atoms with Crippen molar-refractivity contribution < 1.29 is 9.53 Å². The predicted molar refractivity (Wildman–Crippen MR) is 88.3 cm³/mol. The molecule has 1 aliphatic heterocycles. The monoisotopic (exact) mass is 312 g/mol. The maximum Gasteiger partial charge on any atom is 0.225 e. The minimum atomic E-state index is 0. The Labute approximate surface area is 133 Å². The van der Waals surface area contributed by atoms with E-state index in [1.165, 1.54) is 12.8 Å². The number of piperidine rings is 1. The molecule has 0 saturated carbocycles. The highest BCUT2D eigenvalue weighted by Gasteiger charge is 2.16. The maximum atomic E-state index is 12.0. The molecule has 1 unspecified atom stereocenters. The van der Waals surface area contributed by atoms with Gasteiger partial charge in [-0.05, 0) is 37.4 Å². The fourth-order valence-corrected chi connectivity index (χ4v) is 2.67. The average Bonchev–Trinajstić information content (AvgIpc) is 2.45. The van der Waals surface area contributed by atoms with Gasteiger partial charge in [0.1, 0.15) is 5.75 Å². The van der Waals surface area contributed by atoms with Crippen molar-refractivity contribution in [2.24, 2.45) is 5.92 Å². The van der Waals surface area contributed by atoms with Crippen LogP contribution in [0.1, 0.15) is 26.2 Å². The van der Waals surface area contributed by atoms with Crippen LogP contribution in [0.25, 0.3) is 0 Å². The van der Waals surface area contributed by atoms with Gasteiger partial charge < -0.3 is 15.0 Å². The van der Waals surface area contributed by atoms with Crippen LogP contribution in [0.4, 0.5) is 5.69 Å². The van der Waals surface area contributed by atoms with Gasteiger partial charge >= 0.3 is 0 Å². The second kappa shape index (κ2) is 8.90. The van der Waals surface area contributed by atoms with Gasteiger partial charge in [0, 0.05) is 31.3 Å². The first kappa shape index (κ1) is 17.8. The van der Waals surface area contributed by atoms with Gasteiger partial charge in [-0.3, -0.25) is 4.79 Å². The summed E-state index contributed by atoms with van der Waals surface area (Å²) in [6, 6.07) is 7.45. The van der Waals surface area contributed by atoms with Crippen LogP contribution in [-0.2, 0) is 4.79 Å². The largest absolute Gasteiger partial charge is 0.497 e. The number of nitrogens with one attached hydrogen (secondary N) is 1. The Morgan fingerprint density at radius 1 is 1.48 bits per heavy atom. The van der Waals surface area contributed by atoms with Gasteiger partial charge in [0.05, 0.1) is 7.11 Å². The summed E-state index contributed by atoms with van der Waals surface area (Å²) in [5, 5.41) is 2.92. The normalized spacial score (nSPS) is 18.7. The van der Waals surface area contributed by atoms with Crippen molar-refractivity contribution >= 4 is 24.0 Å². The van der Waals surface area contributed by atoms with Crippen molar-refractivity contribution in [3.8, 4) is 5.75 Å². The van der Waals surface area contributed by atoms with Crippen molar-refractivity contribution in [3.63, 3.8) is 0 Å². The second-order valence-corrected chi connectivity index (χ2v) is 5.58. The van der Waals surface area contributed by atoms with Crippen LogP contribution in [0.15, 0.2) is 24.3 Å². The van der Waals surface area contributed by atoms with Gasteiger partial charge in [0.15, 0.2) is 0 Å². The third-order valence-electron chi connectivity index (χ3n) is 3.75. The molecule has 0 aliphatic carbocycles. The number of amides is 1. The third-order valence-corrected chi connectivity index (χ3v) is 3.75. The van der Waals surface area contributed by atoms with Crippen LogP contribution in [0.3, 0.4) is 0 Å². The zero-order valence-electron chi connectivity index (χ0n) is 12.8. The highest BCUT2D eigenvalue weighted by atomic mass is 35.5. The van der Waals surface area contributed by atoms with Gasteiger partial charge in [-0.1, -0.05) is 13.0 Å². The molecule has 1 atom stereocenters. The molecule has 0 aromatic heterocycles. The first-order valence-electron chi connectivity index (χ1n) is 7.33. The number of carbonyl (C=O) groups excluding carboxylic acids is 1. The topological polar surface area (TPSA) is 41.6 Å². The summed E-state index contributed by atoms with van der Waals surface area (Å²) in [5.74, 6) is 1.58. The molecule has 1 N–H and O–H groups in total. The number of likely N-dealkylation sites (tertiary alicyclic amines) is 1. The first-order chi connectivity index (χ1) is 9.67. The van der Waals surface area contributed by atoms with Gasteiger partial charge in [-0.15, -0.1) is 12.4 Å². The molecule has 0 bridgehead atoms. The molecule has 1 amide bonds. The number of nitrogens with zero attached hydrogens (tertiary/aromatic N) is 1. The summed E-state index contributed by atoms with van der Waals surface area (Å²) in [7, 11) is 1.62. The number of hydrogen-bond donors (Lipinski definition) is 1. The third kappa shape index (κ3) is 5.94. The summed E-state index contributed by atoms with van der Waals surface area (Å²) in [6.07, 6.45) is 3.11. The summed E-state index contributed by atoms with van der Waals surface area (Å²) < 4.78 is 5.14. The highest BCUT2D eigenvalue weighted by molar-refractivity contribution is 5.91. The highest BCUT2D eigenvalue weighted by Crippen LogP contribution is 2.18. The number of anilines is 1.